The Balaban J connectivity index is 2.61. The predicted molar refractivity (Wildman–Crippen MR) is 55.1 cm³/mol. The minimum atomic E-state index is -0.0316. The molecule has 0 bridgehead atoms. The summed E-state index contributed by atoms with van der Waals surface area (Å²) in [6.45, 7) is 2.32. The molecule has 14 heavy (non-hydrogen) atoms. The van der Waals surface area contributed by atoms with Gasteiger partial charge in [0.25, 0.3) is 0 Å². The number of nitrogens with zero attached hydrogens (tertiary/aromatic N) is 2. The average Bonchev–Trinajstić information content (AvgIpc) is 2.55. The van der Waals surface area contributed by atoms with E-state index < -0.39 is 0 Å². The van der Waals surface area contributed by atoms with Crippen LogP contribution in [0.2, 0.25) is 0 Å². The van der Waals surface area contributed by atoms with Crippen molar-refractivity contribution in [3.8, 4) is 0 Å². The average molecular weight is 196 g/mol. The summed E-state index contributed by atoms with van der Waals surface area (Å²) in [5.74, 6) is -0.0316. The van der Waals surface area contributed by atoms with E-state index in [0.29, 0.717) is 0 Å². The van der Waals surface area contributed by atoms with Crippen LogP contribution in [-0.4, -0.2) is 29.3 Å². The summed E-state index contributed by atoms with van der Waals surface area (Å²) in [7, 11) is 3.48. The number of hydrogen-bond acceptors (Lipinski definition) is 3. The van der Waals surface area contributed by atoms with Gasteiger partial charge in [-0.3, -0.25) is 9.48 Å². The lowest BCUT2D eigenvalue weighted by atomic mass is 10.3. The van der Waals surface area contributed by atoms with Crippen molar-refractivity contribution in [2.75, 3.05) is 18.9 Å². The van der Waals surface area contributed by atoms with Gasteiger partial charge in [-0.25, -0.2) is 0 Å². The fourth-order valence-electron chi connectivity index (χ4n) is 1.21. The van der Waals surface area contributed by atoms with Crippen LogP contribution >= 0.6 is 0 Å². The molecule has 0 saturated carbocycles. The number of aromatic nitrogens is 2. The van der Waals surface area contributed by atoms with Gasteiger partial charge in [-0.1, -0.05) is 6.92 Å². The third kappa shape index (κ3) is 2.48. The molecule has 0 spiro atoms. The number of carbonyl (C=O) groups is 1. The van der Waals surface area contributed by atoms with Crippen molar-refractivity contribution in [3.05, 3.63) is 11.9 Å². The topological polar surface area (TPSA) is 59.0 Å². The van der Waals surface area contributed by atoms with E-state index in [9.17, 15) is 4.79 Å². The number of aryl methyl sites for hydroxylation is 2. The highest BCUT2D eigenvalue weighted by Crippen LogP contribution is 2.12. The van der Waals surface area contributed by atoms with Gasteiger partial charge in [0.2, 0.25) is 5.91 Å². The Bertz CT molecular complexity index is 319. The van der Waals surface area contributed by atoms with E-state index in [1.807, 2.05) is 20.2 Å². The number of hydrogen-bond donors (Lipinski definition) is 2. The zero-order valence-electron chi connectivity index (χ0n) is 8.79. The third-order valence-electron chi connectivity index (χ3n) is 1.96. The van der Waals surface area contributed by atoms with Gasteiger partial charge in [-0.15, -0.1) is 0 Å². The largest absolute Gasteiger partial charge is 0.373 e. The van der Waals surface area contributed by atoms with Crippen LogP contribution in [0.25, 0.3) is 0 Å². The number of rotatable bonds is 4. The first-order valence-corrected chi connectivity index (χ1v) is 4.64. The molecule has 1 aromatic heterocycles. The van der Waals surface area contributed by atoms with E-state index in [-0.39, 0.29) is 12.5 Å². The SMILES string of the molecule is CCc1nn(C)cc1NCC(=O)NC. The van der Waals surface area contributed by atoms with Gasteiger partial charge < -0.3 is 10.6 Å². The summed E-state index contributed by atoms with van der Waals surface area (Å²) >= 11 is 0. The second-order valence-corrected chi connectivity index (χ2v) is 3.04. The molecule has 5 heteroatoms. The van der Waals surface area contributed by atoms with Gasteiger partial charge >= 0.3 is 0 Å². The van der Waals surface area contributed by atoms with E-state index in [1.165, 1.54) is 0 Å². The zero-order valence-corrected chi connectivity index (χ0v) is 8.79. The zero-order chi connectivity index (χ0) is 10.6. The minimum absolute atomic E-state index is 0.0316. The van der Waals surface area contributed by atoms with Crippen LogP contribution in [0, 0.1) is 0 Å². The number of likely N-dealkylation sites (N-methyl/N-ethyl adjacent to an activating group) is 1. The third-order valence-corrected chi connectivity index (χ3v) is 1.96. The van der Waals surface area contributed by atoms with Crippen LogP contribution in [0.15, 0.2) is 6.20 Å². The Kier molecular flexibility index (Phi) is 3.50. The summed E-state index contributed by atoms with van der Waals surface area (Å²) in [6, 6.07) is 0. The Hall–Kier alpha value is -1.52. The molecule has 1 aromatic rings. The van der Waals surface area contributed by atoms with E-state index in [0.717, 1.165) is 17.8 Å². The Morgan fingerprint density at radius 2 is 2.36 bits per heavy atom. The van der Waals surface area contributed by atoms with Gasteiger partial charge in [0.1, 0.15) is 0 Å². The van der Waals surface area contributed by atoms with E-state index in [4.69, 9.17) is 0 Å². The second-order valence-electron chi connectivity index (χ2n) is 3.04. The summed E-state index contributed by atoms with van der Waals surface area (Å²) in [5, 5.41) is 9.85. The van der Waals surface area contributed by atoms with Gasteiger partial charge in [0, 0.05) is 20.3 Å². The van der Waals surface area contributed by atoms with Crippen molar-refractivity contribution in [2.45, 2.75) is 13.3 Å². The Labute approximate surface area is 83.5 Å². The molecule has 0 aliphatic carbocycles. The number of carbonyl (C=O) groups excluding carboxylic acids is 1. The minimum Gasteiger partial charge on any atom is -0.373 e. The van der Waals surface area contributed by atoms with Crippen LogP contribution < -0.4 is 10.6 Å². The highest BCUT2D eigenvalue weighted by Gasteiger charge is 2.06. The smallest absolute Gasteiger partial charge is 0.239 e. The van der Waals surface area contributed by atoms with Gasteiger partial charge in [0.15, 0.2) is 0 Å². The summed E-state index contributed by atoms with van der Waals surface area (Å²) in [4.78, 5) is 11.0. The monoisotopic (exact) mass is 196 g/mol. The highest BCUT2D eigenvalue weighted by atomic mass is 16.1. The molecule has 2 N–H and O–H groups in total. The lowest BCUT2D eigenvalue weighted by molar-refractivity contribution is -0.118. The normalized spacial score (nSPS) is 9.93. The van der Waals surface area contributed by atoms with Gasteiger partial charge in [0.05, 0.1) is 17.9 Å². The first-order chi connectivity index (χ1) is 6.67. The van der Waals surface area contributed by atoms with Crippen molar-refractivity contribution >= 4 is 11.6 Å². The molecule has 0 aliphatic heterocycles. The highest BCUT2D eigenvalue weighted by molar-refractivity contribution is 5.80. The van der Waals surface area contributed by atoms with E-state index >= 15 is 0 Å². The fraction of sp³-hybridized carbons (Fsp3) is 0.556. The molecule has 0 radical (unpaired) electrons. The van der Waals surface area contributed by atoms with E-state index in [2.05, 4.69) is 15.7 Å². The molecule has 0 saturated heterocycles. The molecule has 1 heterocycles. The molecule has 0 unspecified atom stereocenters. The summed E-state index contributed by atoms with van der Waals surface area (Å²) in [6.07, 6.45) is 2.73. The van der Waals surface area contributed by atoms with Crippen LogP contribution in [-0.2, 0) is 18.3 Å². The lowest BCUT2D eigenvalue weighted by Crippen LogP contribution is -2.26. The van der Waals surface area contributed by atoms with Crippen LogP contribution in [0.4, 0.5) is 5.69 Å². The Morgan fingerprint density at radius 1 is 1.64 bits per heavy atom. The van der Waals surface area contributed by atoms with E-state index in [1.54, 1.807) is 11.7 Å². The van der Waals surface area contributed by atoms with Crippen molar-refractivity contribution in [1.82, 2.24) is 15.1 Å². The predicted octanol–water partition coefficient (Wildman–Crippen LogP) is 0.140. The Morgan fingerprint density at radius 3 is 2.93 bits per heavy atom. The molecular weight excluding hydrogens is 180 g/mol. The number of nitrogens with one attached hydrogen (secondary N) is 2. The molecule has 0 atom stereocenters. The van der Waals surface area contributed by atoms with Crippen LogP contribution in [0.1, 0.15) is 12.6 Å². The standard InChI is InChI=1S/C9H16N4O/c1-4-7-8(6-13(3)12-7)11-5-9(14)10-2/h6,11H,4-5H2,1-3H3,(H,10,14). The van der Waals surface area contributed by atoms with Crippen molar-refractivity contribution in [1.29, 1.82) is 0 Å². The number of amides is 1. The summed E-state index contributed by atoms with van der Waals surface area (Å²) < 4.78 is 1.74. The van der Waals surface area contributed by atoms with Crippen molar-refractivity contribution in [3.63, 3.8) is 0 Å². The molecule has 0 fully saturated rings. The van der Waals surface area contributed by atoms with Crippen molar-refractivity contribution in [2.24, 2.45) is 7.05 Å². The second kappa shape index (κ2) is 4.64. The molecular formula is C9H16N4O. The first-order valence-electron chi connectivity index (χ1n) is 4.64. The van der Waals surface area contributed by atoms with Crippen LogP contribution in [0.5, 0.6) is 0 Å². The van der Waals surface area contributed by atoms with Gasteiger partial charge in [-0.05, 0) is 6.42 Å². The molecule has 0 aliphatic rings. The molecule has 5 nitrogen and oxygen atoms in total. The maximum atomic E-state index is 11.0. The molecule has 0 aromatic carbocycles. The lowest BCUT2D eigenvalue weighted by Gasteiger charge is -2.03. The molecule has 78 valence electrons. The molecule has 1 rings (SSSR count). The molecule has 1 amide bonds. The summed E-state index contributed by atoms with van der Waals surface area (Å²) in [5.41, 5.74) is 1.91. The first kappa shape index (κ1) is 10.6. The maximum absolute atomic E-state index is 11.0. The van der Waals surface area contributed by atoms with Crippen LogP contribution in [0.3, 0.4) is 0 Å². The van der Waals surface area contributed by atoms with Crippen molar-refractivity contribution < 1.29 is 4.79 Å². The fourth-order valence-corrected chi connectivity index (χ4v) is 1.21. The van der Waals surface area contributed by atoms with Gasteiger partial charge in [-0.2, -0.15) is 5.10 Å². The quantitative estimate of drug-likeness (QED) is 0.720. The number of anilines is 1. The maximum Gasteiger partial charge on any atom is 0.239 e.